The Morgan fingerprint density at radius 1 is 0.960 bits per heavy atom. The Labute approximate surface area is 153 Å². The summed E-state index contributed by atoms with van der Waals surface area (Å²) < 4.78 is 20.3. The Bertz CT molecular complexity index is 789. The summed E-state index contributed by atoms with van der Waals surface area (Å²) in [5, 5.41) is 1.47. The fourth-order valence-electron chi connectivity index (χ4n) is 4.20. The summed E-state index contributed by atoms with van der Waals surface area (Å²) in [4.78, 5) is 0. The molecule has 0 aromatic heterocycles. The number of ether oxygens (including phenoxy) is 1. The molecule has 1 aliphatic rings. The van der Waals surface area contributed by atoms with Gasteiger partial charge in [-0.05, 0) is 29.8 Å². The lowest BCUT2D eigenvalue weighted by Crippen LogP contribution is -2.48. The van der Waals surface area contributed by atoms with Crippen molar-refractivity contribution in [3.8, 4) is 5.75 Å². The fourth-order valence-corrected chi connectivity index (χ4v) is 8.23. The SMILES string of the molecule is C[Si](C)(C)CC1(c2ccccc2[Si](C)(C)C)COc2ccc(F)cc21. The van der Waals surface area contributed by atoms with Crippen molar-refractivity contribution in [2.75, 3.05) is 6.61 Å². The molecule has 1 nitrogen and oxygen atoms in total. The van der Waals surface area contributed by atoms with E-state index >= 15 is 0 Å². The third-order valence-electron chi connectivity index (χ3n) is 5.01. The van der Waals surface area contributed by atoms with E-state index in [9.17, 15) is 4.39 Å². The minimum Gasteiger partial charge on any atom is -0.492 e. The molecule has 4 heteroatoms. The Morgan fingerprint density at radius 3 is 2.28 bits per heavy atom. The summed E-state index contributed by atoms with van der Waals surface area (Å²) in [5.41, 5.74) is 2.18. The molecule has 0 N–H and O–H groups in total. The summed E-state index contributed by atoms with van der Waals surface area (Å²) in [6, 6.07) is 14.9. The highest BCUT2D eigenvalue weighted by Crippen LogP contribution is 2.48. The summed E-state index contributed by atoms with van der Waals surface area (Å²) in [6.45, 7) is 15.0. The largest absolute Gasteiger partial charge is 0.492 e. The van der Waals surface area contributed by atoms with E-state index in [4.69, 9.17) is 4.74 Å². The van der Waals surface area contributed by atoms with Crippen molar-refractivity contribution >= 4 is 21.3 Å². The Balaban J connectivity index is 2.29. The summed E-state index contributed by atoms with van der Waals surface area (Å²) in [6.07, 6.45) is 0. The lowest BCUT2D eigenvalue weighted by atomic mass is 9.77. The van der Waals surface area contributed by atoms with E-state index in [1.807, 2.05) is 0 Å². The topological polar surface area (TPSA) is 9.23 Å². The first-order valence-electron chi connectivity index (χ1n) is 9.06. The molecule has 0 radical (unpaired) electrons. The van der Waals surface area contributed by atoms with E-state index < -0.39 is 16.1 Å². The highest BCUT2D eigenvalue weighted by molar-refractivity contribution is 6.89. The number of rotatable bonds is 4. The molecule has 2 aromatic rings. The van der Waals surface area contributed by atoms with Gasteiger partial charge in [0.1, 0.15) is 18.2 Å². The molecule has 1 unspecified atom stereocenters. The van der Waals surface area contributed by atoms with Gasteiger partial charge in [-0.2, -0.15) is 0 Å². The molecular weight excluding hydrogens is 343 g/mol. The van der Waals surface area contributed by atoms with Gasteiger partial charge in [-0.25, -0.2) is 4.39 Å². The third kappa shape index (κ3) is 3.47. The number of fused-ring (bicyclic) bond motifs is 1. The zero-order valence-corrected chi connectivity index (χ0v) is 18.2. The highest BCUT2D eigenvalue weighted by Gasteiger charge is 2.47. The van der Waals surface area contributed by atoms with Crippen LogP contribution in [-0.4, -0.2) is 22.8 Å². The lowest BCUT2D eigenvalue weighted by Gasteiger charge is -2.38. The van der Waals surface area contributed by atoms with Crippen LogP contribution >= 0.6 is 0 Å². The van der Waals surface area contributed by atoms with Crippen LogP contribution < -0.4 is 9.92 Å². The molecule has 134 valence electrons. The van der Waals surface area contributed by atoms with Crippen molar-refractivity contribution in [1.82, 2.24) is 0 Å². The highest BCUT2D eigenvalue weighted by atomic mass is 28.3. The van der Waals surface area contributed by atoms with Crippen LogP contribution in [0.15, 0.2) is 42.5 Å². The van der Waals surface area contributed by atoms with E-state index in [0.717, 1.165) is 17.4 Å². The first kappa shape index (κ1) is 18.4. The molecule has 1 heterocycles. The van der Waals surface area contributed by atoms with Crippen LogP contribution in [0.2, 0.25) is 45.3 Å². The number of hydrogen-bond acceptors (Lipinski definition) is 1. The molecular formula is C21H29FOSi2. The zero-order valence-electron chi connectivity index (χ0n) is 16.2. The molecule has 0 saturated heterocycles. The van der Waals surface area contributed by atoms with Gasteiger partial charge in [0.15, 0.2) is 0 Å². The molecule has 25 heavy (non-hydrogen) atoms. The molecule has 0 spiro atoms. The Hall–Kier alpha value is -1.40. The van der Waals surface area contributed by atoms with Crippen molar-refractivity contribution < 1.29 is 9.13 Å². The van der Waals surface area contributed by atoms with Crippen molar-refractivity contribution in [3.63, 3.8) is 0 Å². The van der Waals surface area contributed by atoms with Gasteiger partial charge < -0.3 is 4.74 Å². The summed E-state index contributed by atoms with van der Waals surface area (Å²) >= 11 is 0. The second-order valence-corrected chi connectivity index (χ2v) is 20.1. The van der Waals surface area contributed by atoms with Gasteiger partial charge in [0.2, 0.25) is 0 Å². The average Bonchev–Trinajstić information content (AvgIpc) is 2.84. The molecule has 1 atom stereocenters. The predicted molar refractivity (Wildman–Crippen MR) is 110 cm³/mol. The van der Waals surface area contributed by atoms with Crippen LogP contribution in [0, 0.1) is 5.82 Å². The average molecular weight is 373 g/mol. The lowest BCUT2D eigenvalue weighted by molar-refractivity contribution is 0.302. The van der Waals surface area contributed by atoms with Crippen molar-refractivity contribution in [2.24, 2.45) is 0 Å². The van der Waals surface area contributed by atoms with Crippen LogP contribution in [0.1, 0.15) is 11.1 Å². The zero-order chi connectivity index (χ0) is 18.5. The number of benzene rings is 2. The molecule has 0 bridgehead atoms. The predicted octanol–water partition coefficient (Wildman–Crippen LogP) is 5.39. The maximum atomic E-state index is 14.2. The van der Waals surface area contributed by atoms with Crippen LogP contribution in [0.25, 0.3) is 0 Å². The first-order valence-corrected chi connectivity index (χ1v) is 16.3. The van der Waals surface area contributed by atoms with E-state index in [-0.39, 0.29) is 11.2 Å². The first-order chi connectivity index (χ1) is 11.5. The second kappa shape index (κ2) is 6.10. The normalized spacial score (nSPS) is 20.3. The van der Waals surface area contributed by atoms with Crippen molar-refractivity contribution in [3.05, 3.63) is 59.4 Å². The minimum atomic E-state index is -1.54. The Morgan fingerprint density at radius 2 is 1.64 bits per heavy atom. The fraction of sp³-hybridized carbons (Fsp3) is 0.429. The van der Waals surface area contributed by atoms with Gasteiger partial charge in [-0.3, -0.25) is 0 Å². The Kier molecular flexibility index (Phi) is 4.49. The minimum absolute atomic E-state index is 0.172. The van der Waals surface area contributed by atoms with Gasteiger partial charge in [-0.15, -0.1) is 0 Å². The molecule has 0 fully saturated rings. The van der Waals surface area contributed by atoms with Gasteiger partial charge in [0, 0.05) is 13.6 Å². The molecule has 3 rings (SSSR count). The van der Waals surface area contributed by atoms with Crippen molar-refractivity contribution in [2.45, 2.75) is 50.7 Å². The van der Waals surface area contributed by atoms with E-state index in [1.165, 1.54) is 16.8 Å². The molecule has 0 aliphatic carbocycles. The van der Waals surface area contributed by atoms with Crippen LogP contribution in [0.3, 0.4) is 0 Å². The van der Waals surface area contributed by atoms with Crippen molar-refractivity contribution in [1.29, 1.82) is 0 Å². The number of halogens is 1. The second-order valence-electron chi connectivity index (χ2n) is 9.54. The summed E-state index contributed by atoms with van der Waals surface area (Å²) in [5.74, 6) is 0.680. The summed E-state index contributed by atoms with van der Waals surface area (Å²) in [7, 11) is -2.97. The van der Waals surface area contributed by atoms with Gasteiger partial charge in [0.05, 0.1) is 13.5 Å². The third-order valence-corrected chi connectivity index (χ3v) is 8.73. The standard InChI is InChI=1S/C21H29FOSi2/c1-24(2,3)15-21(14-23-19-12-11-16(22)13-18(19)21)17-9-7-8-10-20(17)25(4,5)6/h7-13H,14-15H2,1-6H3. The van der Waals surface area contributed by atoms with E-state index in [1.54, 1.807) is 12.1 Å². The van der Waals surface area contributed by atoms with E-state index in [2.05, 4.69) is 63.5 Å². The maximum Gasteiger partial charge on any atom is 0.123 e. The van der Waals surface area contributed by atoms with Crippen LogP contribution in [0.4, 0.5) is 4.39 Å². The van der Waals surface area contributed by atoms with Gasteiger partial charge in [0.25, 0.3) is 0 Å². The maximum absolute atomic E-state index is 14.2. The quantitative estimate of drug-likeness (QED) is 0.654. The van der Waals surface area contributed by atoms with E-state index in [0.29, 0.717) is 6.61 Å². The van der Waals surface area contributed by atoms with Gasteiger partial charge in [-0.1, -0.05) is 68.7 Å². The molecule has 0 amide bonds. The molecule has 0 saturated carbocycles. The molecule has 2 aromatic carbocycles. The number of hydrogen-bond donors (Lipinski definition) is 0. The molecule has 1 aliphatic heterocycles. The van der Waals surface area contributed by atoms with Crippen LogP contribution in [0.5, 0.6) is 5.75 Å². The van der Waals surface area contributed by atoms with Gasteiger partial charge >= 0.3 is 0 Å². The monoisotopic (exact) mass is 372 g/mol. The smallest absolute Gasteiger partial charge is 0.123 e. The van der Waals surface area contributed by atoms with Crippen LogP contribution in [-0.2, 0) is 5.41 Å².